The summed E-state index contributed by atoms with van der Waals surface area (Å²) in [6.07, 6.45) is 0.326. The monoisotopic (exact) mass is 466 g/mol. The number of aliphatic carboxylic acids is 1. The molecule has 0 saturated carbocycles. The molecule has 1 aliphatic rings. The SMILES string of the molecule is CCCC(NC(=O)C(C)(C)C(C)(C)NC(=O)OCC1c2ccccc2-c2ccccc21)C(=O)O. The van der Waals surface area contributed by atoms with Crippen LogP contribution >= 0.6 is 0 Å². The fourth-order valence-electron chi connectivity index (χ4n) is 4.21. The van der Waals surface area contributed by atoms with Crippen molar-refractivity contribution in [3.8, 4) is 11.1 Å². The van der Waals surface area contributed by atoms with Gasteiger partial charge in [0.2, 0.25) is 5.91 Å². The van der Waals surface area contributed by atoms with Crippen molar-refractivity contribution in [1.82, 2.24) is 10.6 Å². The van der Waals surface area contributed by atoms with Crippen LogP contribution in [0, 0.1) is 5.41 Å². The van der Waals surface area contributed by atoms with Gasteiger partial charge in [-0.05, 0) is 56.4 Å². The van der Waals surface area contributed by atoms with Crippen LogP contribution in [0.3, 0.4) is 0 Å². The maximum Gasteiger partial charge on any atom is 0.407 e. The Bertz CT molecular complexity index is 1030. The average molecular weight is 467 g/mol. The van der Waals surface area contributed by atoms with E-state index in [1.807, 2.05) is 43.3 Å². The zero-order valence-corrected chi connectivity index (χ0v) is 20.5. The minimum absolute atomic E-state index is 0.0667. The number of alkyl carbamates (subject to hydrolysis) is 1. The fraction of sp³-hybridized carbons (Fsp3) is 0.444. The molecular weight excluding hydrogens is 432 g/mol. The summed E-state index contributed by atoms with van der Waals surface area (Å²) in [6, 6.07) is 15.2. The van der Waals surface area contributed by atoms with Crippen molar-refractivity contribution < 1.29 is 24.2 Å². The highest BCUT2D eigenvalue weighted by atomic mass is 16.5. The molecule has 0 spiro atoms. The normalized spacial score (nSPS) is 14.0. The highest BCUT2D eigenvalue weighted by molar-refractivity contribution is 5.88. The first kappa shape index (κ1) is 25.3. The predicted molar refractivity (Wildman–Crippen MR) is 131 cm³/mol. The first-order valence-corrected chi connectivity index (χ1v) is 11.7. The number of amides is 2. The Labute approximate surface area is 200 Å². The number of carboxylic acid groups (broad SMARTS) is 1. The average Bonchev–Trinajstić information content (AvgIpc) is 3.10. The molecule has 1 unspecified atom stereocenters. The van der Waals surface area contributed by atoms with Crippen LogP contribution in [0.15, 0.2) is 48.5 Å². The Balaban J connectivity index is 1.67. The summed E-state index contributed by atoms with van der Waals surface area (Å²) >= 11 is 0. The first-order valence-electron chi connectivity index (χ1n) is 11.7. The van der Waals surface area contributed by atoms with E-state index in [1.54, 1.807) is 27.7 Å². The van der Waals surface area contributed by atoms with E-state index in [2.05, 4.69) is 22.8 Å². The van der Waals surface area contributed by atoms with Gasteiger partial charge in [0.25, 0.3) is 0 Å². The second-order valence-electron chi connectivity index (χ2n) is 9.85. The lowest BCUT2D eigenvalue weighted by atomic mass is 9.73. The molecule has 182 valence electrons. The highest BCUT2D eigenvalue weighted by Crippen LogP contribution is 2.44. The summed E-state index contributed by atoms with van der Waals surface area (Å²) in [6.45, 7) is 8.83. The number of carbonyl (C=O) groups excluding carboxylic acids is 2. The minimum Gasteiger partial charge on any atom is -0.480 e. The van der Waals surface area contributed by atoms with Gasteiger partial charge in [-0.25, -0.2) is 9.59 Å². The van der Waals surface area contributed by atoms with Gasteiger partial charge >= 0.3 is 12.1 Å². The third-order valence-corrected chi connectivity index (χ3v) is 7.07. The largest absolute Gasteiger partial charge is 0.480 e. The van der Waals surface area contributed by atoms with Crippen LogP contribution in [0.4, 0.5) is 4.79 Å². The van der Waals surface area contributed by atoms with Crippen LogP contribution in [0.2, 0.25) is 0 Å². The summed E-state index contributed by atoms with van der Waals surface area (Å²) in [5, 5.41) is 14.8. The second-order valence-corrected chi connectivity index (χ2v) is 9.85. The molecule has 7 heteroatoms. The molecule has 1 atom stereocenters. The van der Waals surface area contributed by atoms with E-state index < -0.39 is 35.0 Å². The van der Waals surface area contributed by atoms with Gasteiger partial charge in [0.05, 0.1) is 11.0 Å². The second kappa shape index (κ2) is 9.87. The van der Waals surface area contributed by atoms with Crippen LogP contribution in [-0.2, 0) is 14.3 Å². The molecule has 0 heterocycles. The van der Waals surface area contributed by atoms with Gasteiger partial charge in [-0.2, -0.15) is 0 Å². The fourth-order valence-corrected chi connectivity index (χ4v) is 4.21. The van der Waals surface area contributed by atoms with Gasteiger partial charge in [0.1, 0.15) is 12.6 Å². The number of rotatable bonds is 9. The molecule has 7 nitrogen and oxygen atoms in total. The van der Waals surface area contributed by atoms with Crippen molar-refractivity contribution in [3.05, 3.63) is 59.7 Å². The number of benzene rings is 2. The van der Waals surface area contributed by atoms with Gasteiger partial charge in [0.15, 0.2) is 0 Å². The van der Waals surface area contributed by atoms with Crippen molar-refractivity contribution in [2.24, 2.45) is 5.41 Å². The number of fused-ring (bicyclic) bond motifs is 3. The first-order chi connectivity index (χ1) is 16.0. The van der Waals surface area contributed by atoms with E-state index in [-0.39, 0.29) is 12.5 Å². The maximum absolute atomic E-state index is 13.0. The van der Waals surface area contributed by atoms with Gasteiger partial charge in [-0.3, -0.25) is 4.79 Å². The Morgan fingerprint density at radius 2 is 1.50 bits per heavy atom. The highest BCUT2D eigenvalue weighted by Gasteiger charge is 2.45. The Morgan fingerprint density at radius 3 is 2.00 bits per heavy atom. The number of carboxylic acids is 1. The third kappa shape index (κ3) is 4.93. The molecule has 0 aromatic heterocycles. The molecule has 0 fully saturated rings. The van der Waals surface area contributed by atoms with E-state index in [1.165, 1.54) is 0 Å². The van der Waals surface area contributed by atoms with Crippen molar-refractivity contribution in [2.75, 3.05) is 6.61 Å². The molecule has 0 saturated heterocycles. The molecule has 34 heavy (non-hydrogen) atoms. The van der Waals surface area contributed by atoms with Crippen LogP contribution in [0.25, 0.3) is 11.1 Å². The van der Waals surface area contributed by atoms with Crippen LogP contribution < -0.4 is 10.6 Å². The molecular formula is C27H34N2O5. The molecule has 0 bridgehead atoms. The van der Waals surface area contributed by atoms with E-state index in [9.17, 15) is 19.5 Å². The lowest BCUT2D eigenvalue weighted by Crippen LogP contribution is -2.61. The topological polar surface area (TPSA) is 105 Å². The van der Waals surface area contributed by atoms with Crippen LogP contribution in [0.1, 0.15) is 64.5 Å². The Hall–Kier alpha value is -3.35. The summed E-state index contributed by atoms with van der Waals surface area (Å²) < 4.78 is 5.63. The van der Waals surface area contributed by atoms with E-state index in [4.69, 9.17) is 4.74 Å². The van der Waals surface area contributed by atoms with Gasteiger partial charge < -0.3 is 20.5 Å². The number of hydrogen-bond donors (Lipinski definition) is 3. The zero-order chi connectivity index (χ0) is 25.1. The van der Waals surface area contributed by atoms with Crippen LogP contribution in [0.5, 0.6) is 0 Å². The van der Waals surface area contributed by atoms with Crippen LogP contribution in [-0.4, -0.2) is 41.3 Å². The zero-order valence-electron chi connectivity index (χ0n) is 20.5. The maximum atomic E-state index is 13.0. The summed E-state index contributed by atoms with van der Waals surface area (Å²) in [7, 11) is 0. The molecule has 0 radical (unpaired) electrons. The lowest BCUT2D eigenvalue weighted by Gasteiger charge is -2.41. The molecule has 0 aliphatic heterocycles. The smallest absolute Gasteiger partial charge is 0.407 e. The van der Waals surface area contributed by atoms with E-state index in [0.717, 1.165) is 22.3 Å². The number of hydrogen-bond acceptors (Lipinski definition) is 4. The third-order valence-electron chi connectivity index (χ3n) is 7.07. The minimum atomic E-state index is -1.10. The summed E-state index contributed by atoms with van der Waals surface area (Å²) in [4.78, 5) is 37.2. The molecule has 2 aromatic carbocycles. The molecule has 3 rings (SSSR count). The van der Waals surface area contributed by atoms with E-state index >= 15 is 0 Å². The van der Waals surface area contributed by atoms with Crippen molar-refractivity contribution in [3.63, 3.8) is 0 Å². The van der Waals surface area contributed by atoms with Gasteiger partial charge in [-0.1, -0.05) is 61.9 Å². The lowest BCUT2D eigenvalue weighted by molar-refractivity contribution is -0.144. The van der Waals surface area contributed by atoms with Gasteiger partial charge in [-0.15, -0.1) is 0 Å². The Morgan fingerprint density at radius 1 is 0.971 bits per heavy atom. The van der Waals surface area contributed by atoms with Crippen molar-refractivity contribution >= 4 is 18.0 Å². The van der Waals surface area contributed by atoms with Gasteiger partial charge in [0, 0.05) is 5.92 Å². The molecule has 3 N–H and O–H groups in total. The number of ether oxygens (including phenoxy) is 1. The predicted octanol–water partition coefficient (Wildman–Crippen LogP) is 4.70. The molecule has 2 amide bonds. The summed E-state index contributed by atoms with van der Waals surface area (Å²) in [5.74, 6) is -1.59. The van der Waals surface area contributed by atoms with E-state index in [0.29, 0.717) is 12.8 Å². The number of nitrogens with one attached hydrogen (secondary N) is 2. The quantitative estimate of drug-likeness (QED) is 0.497. The van der Waals surface area contributed by atoms with Crippen molar-refractivity contribution in [2.45, 2.75) is 65.0 Å². The summed E-state index contributed by atoms with van der Waals surface area (Å²) in [5.41, 5.74) is 2.42. The molecule has 2 aromatic rings. The standard InChI is InChI=1S/C27H34N2O5/c1-6-11-22(23(30)31)28-24(32)26(2,3)27(4,5)29-25(33)34-16-21-19-14-9-7-12-17(19)18-13-8-10-15-20(18)21/h7-10,12-15,21-22H,6,11,16H2,1-5H3,(H,28,32)(H,29,33)(H,30,31). The van der Waals surface area contributed by atoms with Crippen molar-refractivity contribution in [1.29, 1.82) is 0 Å². The molecule has 1 aliphatic carbocycles. The number of carbonyl (C=O) groups is 3. The Kier molecular flexibility index (Phi) is 7.34.